The number of aromatic nitrogens is 1. The van der Waals surface area contributed by atoms with Crippen LogP contribution in [0.3, 0.4) is 0 Å². The summed E-state index contributed by atoms with van der Waals surface area (Å²) in [5.41, 5.74) is 1.49. The summed E-state index contributed by atoms with van der Waals surface area (Å²) in [5, 5.41) is 18.9. The molecule has 8 nitrogen and oxygen atoms in total. The van der Waals surface area contributed by atoms with Crippen molar-refractivity contribution in [2.75, 3.05) is 6.61 Å². The van der Waals surface area contributed by atoms with Gasteiger partial charge in [-0.3, -0.25) is 19.4 Å². The van der Waals surface area contributed by atoms with Crippen LogP contribution in [0.2, 0.25) is 5.02 Å². The maximum Gasteiger partial charge on any atom is 0.307 e. The van der Waals surface area contributed by atoms with Gasteiger partial charge < -0.3 is 19.7 Å². The summed E-state index contributed by atoms with van der Waals surface area (Å²) >= 11 is 6.99. The van der Waals surface area contributed by atoms with Crippen LogP contribution in [0.15, 0.2) is 53.3 Å². The van der Waals surface area contributed by atoms with Crippen molar-refractivity contribution >= 4 is 34.9 Å². The van der Waals surface area contributed by atoms with Gasteiger partial charge in [0.2, 0.25) is 5.88 Å². The maximum atomic E-state index is 12.1. The monoisotopic (exact) mass is 477 g/mol. The Balaban J connectivity index is 1.65. The van der Waals surface area contributed by atoms with E-state index in [-0.39, 0.29) is 30.2 Å². The molecule has 0 saturated heterocycles. The fourth-order valence-corrected chi connectivity index (χ4v) is 3.82. The Morgan fingerprint density at radius 2 is 1.88 bits per heavy atom. The van der Waals surface area contributed by atoms with Gasteiger partial charge in [-0.05, 0) is 35.4 Å². The molecule has 168 valence electrons. The van der Waals surface area contributed by atoms with Crippen LogP contribution in [-0.4, -0.2) is 33.7 Å². The van der Waals surface area contributed by atoms with E-state index in [1.54, 1.807) is 48.5 Å². The van der Waals surface area contributed by atoms with Gasteiger partial charge in [-0.25, -0.2) is 0 Å². The number of aromatic hydroxyl groups is 1. The summed E-state index contributed by atoms with van der Waals surface area (Å²) in [4.78, 5) is 36.6. The molecule has 0 aliphatic heterocycles. The van der Waals surface area contributed by atoms with Crippen LogP contribution in [-0.2, 0) is 20.7 Å². The highest BCUT2D eigenvalue weighted by molar-refractivity contribution is 7.09. The quantitative estimate of drug-likeness (QED) is 0.378. The number of H-pyrrole nitrogens is 1. The first-order chi connectivity index (χ1) is 15.3. The molecule has 32 heavy (non-hydrogen) atoms. The van der Waals surface area contributed by atoms with E-state index in [4.69, 9.17) is 26.2 Å². The first-order valence-electron chi connectivity index (χ1n) is 9.59. The predicted molar refractivity (Wildman–Crippen MR) is 119 cm³/mol. The van der Waals surface area contributed by atoms with Gasteiger partial charge in [0.1, 0.15) is 12.4 Å². The molecule has 0 aliphatic rings. The van der Waals surface area contributed by atoms with Gasteiger partial charge in [-0.2, -0.15) is 0 Å². The molecule has 10 heteroatoms. The molecule has 1 aromatic heterocycles. The smallest absolute Gasteiger partial charge is 0.307 e. The number of halogens is 1. The average Bonchev–Trinajstić information content (AvgIpc) is 3.07. The molecule has 3 rings (SSSR count). The molecule has 3 N–H and O–H groups in total. The van der Waals surface area contributed by atoms with E-state index < -0.39 is 18.0 Å². The van der Waals surface area contributed by atoms with E-state index in [1.807, 2.05) is 0 Å². The molecule has 0 unspecified atom stereocenters. The number of hydrogen-bond acceptors (Lipinski definition) is 7. The van der Waals surface area contributed by atoms with Crippen LogP contribution < -0.4 is 9.61 Å². The normalized spacial score (nSPS) is 11.7. The lowest BCUT2D eigenvalue weighted by Gasteiger charge is -2.19. The van der Waals surface area contributed by atoms with Crippen molar-refractivity contribution in [1.82, 2.24) is 4.98 Å². The molecule has 0 aliphatic carbocycles. The average molecular weight is 478 g/mol. The zero-order valence-corrected chi connectivity index (χ0v) is 18.3. The number of carbonyl (C=O) groups excluding carboxylic acids is 1. The van der Waals surface area contributed by atoms with E-state index in [9.17, 15) is 19.5 Å². The molecule has 0 fully saturated rings. The number of aromatic amines is 1. The largest absolute Gasteiger partial charge is 0.494 e. The molecule has 0 saturated carbocycles. The summed E-state index contributed by atoms with van der Waals surface area (Å²) in [7, 11) is 0. The minimum Gasteiger partial charge on any atom is -0.494 e. The first-order valence-corrected chi connectivity index (χ1v) is 10.8. The summed E-state index contributed by atoms with van der Waals surface area (Å²) < 4.78 is 11.2. The van der Waals surface area contributed by atoms with Gasteiger partial charge in [-0.15, -0.1) is 0 Å². The highest BCUT2D eigenvalue weighted by atomic mass is 35.5. The van der Waals surface area contributed by atoms with E-state index in [0.717, 1.165) is 16.9 Å². The number of thiazole rings is 1. The summed E-state index contributed by atoms with van der Waals surface area (Å²) in [6.07, 6.45) is -0.959. The number of nitrogens with one attached hydrogen (secondary N) is 1. The van der Waals surface area contributed by atoms with Crippen LogP contribution in [0.25, 0.3) is 0 Å². The Morgan fingerprint density at radius 1 is 1.12 bits per heavy atom. The zero-order valence-electron chi connectivity index (χ0n) is 16.7. The van der Waals surface area contributed by atoms with Crippen LogP contribution in [0, 0.1) is 0 Å². The topological polar surface area (TPSA) is 126 Å². The Hall–Kier alpha value is -3.30. The molecule has 0 amide bonds. The third-order valence-electron chi connectivity index (χ3n) is 4.43. The second-order valence-corrected chi connectivity index (χ2v) is 8.35. The Morgan fingerprint density at radius 3 is 2.50 bits per heavy atom. The lowest BCUT2D eigenvalue weighted by molar-refractivity contribution is -0.153. The van der Waals surface area contributed by atoms with E-state index in [2.05, 4.69) is 4.98 Å². The van der Waals surface area contributed by atoms with Crippen molar-refractivity contribution in [1.29, 1.82) is 0 Å². The standard InChI is InChI=1S/C22H20ClNO7S/c23-15-3-1-2-14(11-15)17(31-20(27)9-8-19(25)26)12-30-16-6-4-13(5-7-16)10-18-21(28)24-22(29)32-18/h1-7,11,17,28H,8-10,12H2,(H,24,29)(H,25,26)/t17-/m0/s1. The minimum absolute atomic E-state index is 0.00127. The van der Waals surface area contributed by atoms with Crippen molar-refractivity contribution in [3.8, 4) is 11.6 Å². The van der Waals surface area contributed by atoms with Gasteiger partial charge >= 0.3 is 16.8 Å². The number of aliphatic carboxylic acids is 1. The van der Waals surface area contributed by atoms with Gasteiger partial charge in [0, 0.05) is 11.4 Å². The van der Waals surface area contributed by atoms with Crippen molar-refractivity contribution in [3.63, 3.8) is 0 Å². The van der Waals surface area contributed by atoms with Gasteiger partial charge in [0.05, 0.1) is 17.7 Å². The molecular formula is C22H20ClNO7S. The third-order valence-corrected chi connectivity index (χ3v) is 5.53. The molecule has 0 spiro atoms. The molecule has 2 aromatic carbocycles. The summed E-state index contributed by atoms with van der Waals surface area (Å²) in [6.45, 7) is -0.00127. The van der Waals surface area contributed by atoms with Crippen LogP contribution in [0.5, 0.6) is 11.6 Å². The maximum absolute atomic E-state index is 12.1. The predicted octanol–water partition coefficient (Wildman–Crippen LogP) is 3.91. The number of carbonyl (C=O) groups is 2. The third kappa shape index (κ3) is 6.86. The number of hydrogen-bond donors (Lipinski definition) is 3. The summed E-state index contributed by atoms with van der Waals surface area (Å²) in [6, 6.07) is 13.8. The number of carboxylic acids is 1. The SMILES string of the molecule is O=C(O)CCC(=O)O[C@@H](COc1ccc(Cc2sc(=O)[nH]c2O)cc1)c1cccc(Cl)c1. The van der Waals surface area contributed by atoms with Crippen molar-refractivity contribution in [2.24, 2.45) is 0 Å². The molecule has 3 aromatic rings. The highest BCUT2D eigenvalue weighted by Gasteiger charge is 2.19. The lowest BCUT2D eigenvalue weighted by Crippen LogP contribution is -2.18. The number of esters is 1. The molecule has 0 bridgehead atoms. The van der Waals surface area contributed by atoms with Gasteiger partial charge in [0.25, 0.3) is 0 Å². The summed E-state index contributed by atoms with van der Waals surface area (Å²) in [5.74, 6) is -1.34. The second kappa shape index (κ2) is 10.8. The van der Waals surface area contributed by atoms with E-state index >= 15 is 0 Å². The highest BCUT2D eigenvalue weighted by Crippen LogP contribution is 2.25. The number of ether oxygens (including phenoxy) is 2. The van der Waals surface area contributed by atoms with Crippen LogP contribution >= 0.6 is 22.9 Å². The molecule has 1 atom stereocenters. The Bertz CT molecular complexity index is 1140. The van der Waals surface area contributed by atoms with Crippen LogP contribution in [0.1, 0.15) is 34.9 Å². The second-order valence-electron chi connectivity index (χ2n) is 6.85. The number of carboxylic acid groups (broad SMARTS) is 1. The number of rotatable bonds is 10. The molecular weight excluding hydrogens is 458 g/mol. The minimum atomic E-state index is -1.09. The molecule has 0 radical (unpaired) electrons. The van der Waals surface area contributed by atoms with Crippen molar-refractivity contribution < 1.29 is 29.3 Å². The van der Waals surface area contributed by atoms with Crippen molar-refractivity contribution in [3.05, 3.63) is 79.2 Å². The Labute approximate surface area is 192 Å². The Kier molecular flexibility index (Phi) is 7.91. The van der Waals surface area contributed by atoms with E-state index in [0.29, 0.717) is 27.6 Å². The lowest BCUT2D eigenvalue weighted by atomic mass is 10.1. The van der Waals surface area contributed by atoms with E-state index in [1.165, 1.54) is 0 Å². The first kappa shape index (κ1) is 23.4. The zero-order chi connectivity index (χ0) is 23.1. The van der Waals surface area contributed by atoms with Crippen LogP contribution in [0.4, 0.5) is 0 Å². The number of benzene rings is 2. The van der Waals surface area contributed by atoms with Gasteiger partial charge in [0.15, 0.2) is 6.10 Å². The molecule has 1 heterocycles. The van der Waals surface area contributed by atoms with Crippen molar-refractivity contribution in [2.45, 2.75) is 25.4 Å². The van der Waals surface area contributed by atoms with Gasteiger partial charge in [-0.1, -0.05) is 47.2 Å². The fraction of sp³-hybridized carbons (Fsp3) is 0.227. The fourth-order valence-electron chi connectivity index (χ4n) is 2.86.